The average molecular weight is 431 g/mol. The van der Waals surface area contributed by atoms with E-state index in [1.165, 1.54) is 11.1 Å². The molecule has 8 heteroatoms. The van der Waals surface area contributed by atoms with Gasteiger partial charge in [-0.05, 0) is 56.2 Å². The normalized spacial score (nSPS) is 11.6. The van der Waals surface area contributed by atoms with Crippen LogP contribution in [-0.4, -0.2) is 28.7 Å². The van der Waals surface area contributed by atoms with E-state index in [1.54, 1.807) is 23.4 Å². The molecule has 0 aliphatic heterocycles. The smallest absolute Gasteiger partial charge is 0.262 e. The Morgan fingerprint density at radius 3 is 2.52 bits per heavy atom. The summed E-state index contributed by atoms with van der Waals surface area (Å²) in [7, 11) is 1.73. The van der Waals surface area contributed by atoms with Crippen LogP contribution in [-0.2, 0) is 12.8 Å². The maximum Gasteiger partial charge on any atom is 0.262 e. The largest absolute Gasteiger partial charge is 0.295 e. The maximum absolute atomic E-state index is 12.8. The van der Waals surface area contributed by atoms with E-state index in [1.807, 2.05) is 41.9 Å². The summed E-state index contributed by atoms with van der Waals surface area (Å²) >= 11 is 1.60. The van der Waals surface area contributed by atoms with Gasteiger partial charge in [-0.3, -0.25) is 18.3 Å². The van der Waals surface area contributed by atoms with E-state index in [4.69, 9.17) is 0 Å². The Hall–Kier alpha value is -3.39. The monoisotopic (exact) mass is 430 g/mol. The second-order valence-corrected chi connectivity index (χ2v) is 8.79. The van der Waals surface area contributed by atoms with Gasteiger partial charge in [-0.1, -0.05) is 29.5 Å². The molecule has 31 heavy (non-hydrogen) atoms. The predicted octanol–water partition coefficient (Wildman–Crippen LogP) is 3.98. The molecule has 0 bridgehead atoms. The highest BCUT2D eigenvalue weighted by Gasteiger charge is 2.16. The topological polar surface area (TPSA) is 70.0 Å². The van der Waals surface area contributed by atoms with Crippen LogP contribution < -0.4 is 5.56 Å². The van der Waals surface area contributed by atoms with Crippen LogP contribution in [0.4, 0.5) is 0 Å². The zero-order valence-corrected chi connectivity index (χ0v) is 18.6. The molecule has 0 aliphatic carbocycles. The van der Waals surface area contributed by atoms with Crippen LogP contribution in [0.15, 0.2) is 58.7 Å². The van der Waals surface area contributed by atoms with Crippen molar-refractivity contribution in [3.63, 3.8) is 0 Å². The molecule has 0 amide bonds. The number of thioether (sulfide) groups is 1. The molecular weight excluding hydrogens is 408 g/mol. The van der Waals surface area contributed by atoms with E-state index in [-0.39, 0.29) is 5.56 Å². The quantitative estimate of drug-likeness (QED) is 0.403. The summed E-state index contributed by atoms with van der Waals surface area (Å²) in [6, 6.07) is 12.3. The fraction of sp³-hybridized carbons (Fsp3) is 0.217. The molecule has 156 valence electrons. The molecule has 5 rings (SSSR count). The summed E-state index contributed by atoms with van der Waals surface area (Å²) in [6.45, 7) is 6.18. The van der Waals surface area contributed by atoms with E-state index in [0.29, 0.717) is 16.9 Å². The van der Waals surface area contributed by atoms with Crippen molar-refractivity contribution < 1.29 is 0 Å². The van der Waals surface area contributed by atoms with Crippen LogP contribution in [0.5, 0.6) is 0 Å². The van der Waals surface area contributed by atoms with Crippen LogP contribution in [0.25, 0.3) is 22.4 Å². The minimum absolute atomic E-state index is 0.0665. The molecule has 0 saturated heterocycles. The molecule has 0 unspecified atom stereocenters. The highest BCUT2D eigenvalue weighted by atomic mass is 32.2. The Kier molecular flexibility index (Phi) is 4.66. The molecule has 0 saturated carbocycles. The second-order valence-electron chi connectivity index (χ2n) is 7.85. The first-order chi connectivity index (χ1) is 14.9. The van der Waals surface area contributed by atoms with Gasteiger partial charge in [-0.25, -0.2) is 4.98 Å². The molecule has 0 spiro atoms. The van der Waals surface area contributed by atoms with Crippen molar-refractivity contribution in [3.05, 3.63) is 81.7 Å². The molecule has 5 aromatic rings. The number of fused-ring (bicyclic) bond motifs is 3. The van der Waals surface area contributed by atoms with E-state index in [2.05, 4.69) is 51.8 Å². The van der Waals surface area contributed by atoms with Crippen molar-refractivity contribution in [1.29, 1.82) is 0 Å². The van der Waals surface area contributed by atoms with Gasteiger partial charge in [0, 0.05) is 25.1 Å². The number of benzene rings is 2. The van der Waals surface area contributed by atoms with Crippen molar-refractivity contribution in [3.8, 4) is 5.69 Å². The van der Waals surface area contributed by atoms with Crippen LogP contribution in [0.1, 0.15) is 22.5 Å². The van der Waals surface area contributed by atoms with Crippen LogP contribution >= 0.6 is 11.8 Å². The van der Waals surface area contributed by atoms with Crippen molar-refractivity contribution >= 4 is 28.4 Å². The number of hydrogen-bond donors (Lipinski definition) is 0. The van der Waals surface area contributed by atoms with E-state index < -0.39 is 0 Å². The zero-order chi connectivity index (χ0) is 21.7. The minimum atomic E-state index is -0.0665. The Balaban J connectivity index is 1.56. The lowest BCUT2D eigenvalue weighted by atomic mass is 10.1. The Labute approximate surface area is 183 Å². The molecule has 0 N–H and O–H groups in total. The highest BCUT2D eigenvalue weighted by molar-refractivity contribution is 7.98. The Bertz CT molecular complexity index is 1490. The second kappa shape index (κ2) is 7.39. The molecule has 0 fully saturated rings. The molecule has 0 atom stereocenters. The van der Waals surface area contributed by atoms with Gasteiger partial charge in [0.25, 0.3) is 5.56 Å². The molecule has 2 aromatic carbocycles. The maximum atomic E-state index is 12.8. The predicted molar refractivity (Wildman–Crippen MR) is 123 cm³/mol. The Morgan fingerprint density at radius 2 is 1.74 bits per heavy atom. The summed E-state index contributed by atoms with van der Waals surface area (Å²) in [6.07, 6.45) is 3.78. The van der Waals surface area contributed by atoms with Crippen molar-refractivity contribution in [2.24, 2.45) is 7.05 Å². The number of aromatic nitrogens is 6. The summed E-state index contributed by atoms with van der Waals surface area (Å²) in [5, 5.41) is 10.2. The number of aryl methyl sites for hydroxylation is 4. The number of imidazole rings is 1. The van der Waals surface area contributed by atoms with Gasteiger partial charge in [0.2, 0.25) is 5.78 Å². The van der Waals surface area contributed by atoms with Crippen molar-refractivity contribution in [2.45, 2.75) is 31.7 Å². The molecule has 0 radical (unpaired) electrons. The summed E-state index contributed by atoms with van der Waals surface area (Å²) in [5.74, 6) is 1.89. The molecule has 3 aromatic heterocycles. The van der Waals surface area contributed by atoms with Crippen molar-refractivity contribution in [1.82, 2.24) is 28.7 Å². The highest BCUT2D eigenvalue weighted by Crippen LogP contribution is 2.26. The standard InChI is InChI=1S/C23H22N6OS/c1-14-5-6-19-18(12-14)21(30)27(4)22-26-25-20(29(19)22)13-31-23-24-7-8-28(23)17-10-15(2)9-16(3)11-17/h5-12H,13H2,1-4H3. The van der Waals surface area contributed by atoms with E-state index in [0.717, 1.165) is 27.7 Å². The molecule has 7 nitrogen and oxygen atoms in total. The van der Waals surface area contributed by atoms with Crippen LogP contribution in [0, 0.1) is 20.8 Å². The first-order valence-corrected chi connectivity index (χ1v) is 11.0. The summed E-state index contributed by atoms with van der Waals surface area (Å²) < 4.78 is 5.61. The average Bonchev–Trinajstić information content (AvgIpc) is 3.37. The van der Waals surface area contributed by atoms with Crippen LogP contribution in [0.3, 0.4) is 0 Å². The third-order valence-electron chi connectivity index (χ3n) is 5.36. The molecule has 3 heterocycles. The fourth-order valence-electron chi connectivity index (χ4n) is 3.96. The summed E-state index contributed by atoms with van der Waals surface area (Å²) in [5.41, 5.74) is 5.32. The lowest BCUT2D eigenvalue weighted by Gasteiger charge is -2.10. The molecular formula is C23H22N6OS. The van der Waals surface area contributed by atoms with Gasteiger partial charge in [0.1, 0.15) is 5.82 Å². The lowest BCUT2D eigenvalue weighted by molar-refractivity contribution is 0.857. The number of rotatable bonds is 4. The van der Waals surface area contributed by atoms with Gasteiger partial charge >= 0.3 is 0 Å². The van der Waals surface area contributed by atoms with Gasteiger partial charge in [-0.15, -0.1) is 10.2 Å². The van der Waals surface area contributed by atoms with Crippen molar-refractivity contribution in [2.75, 3.05) is 0 Å². The third kappa shape index (κ3) is 3.33. The lowest BCUT2D eigenvalue weighted by Crippen LogP contribution is -2.20. The minimum Gasteiger partial charge on any atom is -0.295 e. The van der Waals surface area contributed by atoms with E-state index >= 15 is 0 Å². The van der Waals surface area contributed by atoms with Gasteiger partial charge in [-0.2, -0.15) is 0 Å². The number of nitrogens with zero attached hydrogens (tertiary/aromatic N) is 6. The van der Waals surface area contributed by atoms with Gasteiger partial charge in [0.15, 0.2) is 5.16 Å². The first-order valence-electron chi connectivity index (χ1n) is 10.0. The van der Waals surface area contributed by atoms with E-state index in [9.17, 15) is 4.79 Å². The molecule has 0 aliphatic rings. The van der Waals surface area contributed by atoms with Gasteiger partial charge in [0.05, 0.1) is 16.7 Å². The van der Waals surface area contributed by atoms with Crippen LogP contribution in [0.2, 0.25) is 0 Å². The Morgan fingerprint density at radius 1 is 0.968 bits per heavy atom. The fourth-order valence-corrected chi connectivity index (χ4v) is 4.85. The zero-order valence-electron chi connectivity index (χ0n) is 17.8. The number of hydrogen-bond acceptors (Lipinski definition) is 5. The SMILES string of the molecule is Cc1cc(C)cc(-n2ccnc2SCc2nnc3n(C)c(=O)c4cc(C)ccc4n23)c1. The third-order valence-corrected chi connectivity index (χ3v) is 6.33. The van der Waals surface area contributed by atoms with Gasteiger partial charge < -0.3 is 0 Å². The summed E-state index contributed by atoms with van der Waals surface area (Å²) in [4.78, 5) is 17.3. The first kappa shape index (κ1) is 19.6.